The van der Waals surface area contributed by atoms with Gasteiger partial charge in [-0.1, -0.05) is 30.3 Å². The van der Waals surface area contributed by atoms with Crippen molar-refractivity contribution < 1.29 is 18.7 Å². The number of carbonyl (C=O) groups excluding carboxylic acids is 2. The Kier molecular flexibility index (Phi) is 4.46. The fourth-order valence-electron chi connectivity index (χ4n) is 1.84. The van der Waals surface area contributed by atoms with Crippen LogP contribution in [0.25, 0.3) is 0 Å². The van der Waals surface area contributed by atoms with E-state index >= 15 is 0 Å². The van der Waals surface area contributed by atoms with E-state index in [1.165, 1.54) is 0 Å². The van der Waals surface area contributed by atoms with Gasteiger partial charge in [0, 0.05) is 13.0 Å². The molecule has 0 bridgehead atoms. The van der Waals surface area contributed by atoms with Crippen LogP contribution in [-0.4, -0.2) is 30.8 Å². The quantitative estimate of drug-likeness (QED) is 0.861. The van der Waals surface area contributed by atoms with E-state index in [4.69, 9.17) is 4.74 Å². The van der Waals surface area contributed by atoms with Gasteiger partial charge in [-0.15, -0.1) is 0 Å². The average molecular weight is 266 g/mol. The zero-order chi connectivity index (χ0) is 13.7. The summed E-state index contributed by atoms with van der Waals surface area (Å²) in [6.45, 7) is 0.223. The van der Waals surface area contributed by atoms with E-state index in [1.807, 2.05) is 18.2 Å². The number of amides is 2. The number of benzene rings is 1. The first kappa shape index (κ1) is 13.5. The number of hydrogen-bond donors (Lipinski definition) is 2. The van der Waals surface area contributed by atoms with Gasteiger partial charge in [-0.05, 0) is 5.56 Å². The summed E-state index contributed by atoms with van der Waals surface area (Å²) in [4.78, 5) is 23.0. The van der Waals surface area contributed by atoms with Crippen molar-refractivity contribution in [3.8, 4) is 0 Å². The highest BCUT2D eigenvalue weighted by atomic mass is 19.1. The number of halogens is 1. The van der Waals surface area contributed by atoms with Crippen LogP contribution in [0.3, 0.4) is 0 Å². The minimum atomic E-state index is -1.05. The van der Waals surface area contributed by atoms with Crippen LogP contribution in [-0.2, 0) is 16.1 Å². The molecular weight excluding hydrogens is 251 g/mol. The molecular formula is C13H15FN2O3. The molecule has 1 heterocycles. The maximum atomic E-state index is 12.9. The summed E-state index contributed by atoms with van der Waals surface area (Å²) in [5.74, 6) is -0.557. The minimum absolute atomic E-state index is 0.0811. The summed E-state index contributed by atoms with van der Waals surface area (Å²) in [6, 6.07) is 8.45. The number of imide groups is 1. The van der Waals surface area contributed by atoms with Crippen molar-refractivity contribution in [3.05, 3.63) is 35.9 Å². The second-order valence-electron chi connectivity index (χ2n) is 4.34. The molecule has 2 amide bonds. The number of alkyl carbamates (subject to hydrolysis) is 1. The molecule has 1 fully saturated rings. The second-order valence-corrected chi connectivity index (χ2v) is 4.34. The molecule has 0 aromatic heterocycles. The molecule has 2 rings (SSSR count). The van der Waals surface area contributed by atoms with Crippen LogP contribution < -0.4 is 10.6 Å². The van der Waals surface area contributed by atoms with Crippen LogP contribution in [0.2, 0.25) is 0 Å². The molecule has 1 saturated heterocycles. The van der Waals surface area contributed by atoms with Crippen LogP contribution in [0.1, 0.15) is 12.0 Å². The van der Waals surface area contributed by atoms with E-state index < -0.39 is 24.2 Å². The number of alkyl halides is 1. The van der Waals surface area contributed by atoms with Gasteiger partial charge in [-0.25, -0.2) is 9.18 Å². The molecule has 0 unspecified atom stereocenters. The lowest BCUT2D eigenvalue weighted by Crippen LogP contribution is -2.43. The summed E-state index contributed by atoms with van der Waals surface area (Å²) in [7, 11) is 0. The van der Waals surface area contributed by atoms with E-state index in [2.05, 4.69) is 10.6 Å². The van der Waals surface area contributed by atoms with E-state index in [9.17, 15) is 14.0 Å². The molecule has 19 heavy (non-hydrogen) atoms. The fourth-order valence-corrected chi connectivity index (χ4v) is 1.84. The Morgan fingerprint density at radius 1 is 1.37 bits per heavy atom. The highest BCUT2D eigenvalue weighted by Crippen LogP contribution is 2.09. The van der Waals surface area contributed by atoms with Crippen LogP contribution >= 0.6 is 0 Å². The first-order valence-electron chi connectivity index (χ1n) is 6.04. The van der Waals surface area contributed by atoms with Gasteiger partial charge >= 0.3 is 6.09 Å². The third-order valence-corrected chi connectivity index (χ3v) is 2.83. The van der Waals surface area contributed by atoms with Crippen molar-refractivity contribution in [3.63, 3.8) is 0 Å². The van der Waals surface area contributed by atoms with Gasteiger partial charge in [0.05, 0.1) is 6.04 Å². The van der Waals surface area contributed by atoms with Gasteiger partial charge in [0.15, 0.2) is 0 Å². The van der Waals surface area contributed by atoms with Gasteiger partial charge in [0.25, 0.3) is 0 Å². The molecule has 1 aliphatic heterocycles. The molecule has 0 spiro atoms. The fraction of sp³-hybridized carbons (Fsp3) is 0.385. The Morgan fingerprint density at radius 2 is 2.11 bits per heavy atom. The molecule has 1 aliphatic rings. The first-order valence-corrected chi connectivity index (χ1v) is 6.04. The van der Waals surface area contributed by atoms with Gasteiger partial charge in [-0.3, -0.25) is 10.1 Å². The van der Waals surface area contributed by atoms with Crippen molar-refractivity contribution in [1.82, 2.24) is 10.6 Å². The second kappa shape index (κ2) is 6.29. The molecule has 2 N–H and O–H groups in total. The van der Waals surface area contributed by atoms with Crippen molar-refractivity contribution in [1.29, 1.82) is 0 Å². The Balaban J connectivity index is 1.74. The minimum Gasteiger partial charge on any atom is -0.444 e. The van der Waals surface area contributed by atoms with E-state index in [1.54, 1.807) is 12.1 Å². The third-order valence-electron chi connectivity index (χ3n) is 2.83. The average Bonchev–Trinajstić information content (AvgIpc) is 2.84. The SMILES string of the molecule is O=C(NC(=O)[C@@H]1C[C@H](F)CN1)OCc1ccccc1. The maximum Gasteiger partial charge on any atom is 0.414 e. The molecule has 1 aromatic rings. The van der Waals surface area contributed by atoms with Crippen molar-refractivity contribution in [2.45, 2.75) is 25.2 Å². The molecule has 2 atom stereocenters. The van der Waals surface area contributed by atoms with Gasteiger partial charge in [0.1, 0.15) is 12.8 Å². The Bertz CT molecular complexity index is 452. The van der Waals surface area contributed by atoms with Crippen molar-refractivity contribution in [2.24, 2.45) is 0 Å². The molecule has 6 heteroatoms. The maximum absolute atomic E-state index is 12.9. The van der Waals surface area contributed by atoms with E-state index in [-0.39, 0.29) is 19.6 Å². The highest BCUT2D eigenvalue weighted by molar-refractivity contribution is 5.95. The lowest BCUT2D eigenvalue weighted by molar-refractivity contribution is -0.122. The normalized spacial score (nSPS) is 21.9. The summed E-state index contributed by atoms with van der Waals surface area (Å²) in [6.07, 6.45) is -1.79. The van der Waals surface area contributed by atoms with E-state index in [0.717, 1.165) is 5.56 Å². The van der Waals surface area contributed by atoms with Gasteiger partial charge in [0.2, 0.25) is 5.91 Å². The lowest BCUT2D eigenvalue weighted by atomic mass is 10.2. The Morgan fingerprint density at radius 3 is 2.74 bits per heavy atom. The van der Waals surface area contributed by atoms with Crippen LogP contribution in [0, 0.1) is 0 Å². The monoisotopic (exact) mass is 266 g/mol. The zero-order valence-electron chi connectivity index (χ0n) is 10.3. The molecule has 5 nitrogen and oxygen atoms in total. The smallest absolute Gasteiger partial charge is 0.414 e. The summed E-state index contributed by atoms with van der Waals surface area (Å²) >= 11 is 0. The number of carbonyl (C=O) groups is 2. The van der Waals surface area contributed by atoms with Crippen molar-refractivity contribution >= 4 is 12.0 Å². The first-order chi connectivity index (χ1) is 9.15. The number of rotatable bonds is 3. The summed E-state index contributed by atoms with van der Waals surface area (Å²) in [5, 5.41) is 4.77. The van der Waals surface area contributed by atoms with E-state index in [0.29, 0.717) is 0 Å². The molecule has 0 radical (unpaired) electrons. The van der Waals surface area contributed by atoms with Crippen LogP contribution in [0.4, 0.5) is 9.18 Å². The molecule has 0 aliphatic carbocycles. The standard InChI is InChI=1S/C13H15FN2O3/c14-10-6-11(15-7-10)12(17)16-13(18)19-8-9-4-2-1-3-5-9/h1-5,10-11,15H,6-8H2,(H,16,17,18)/t10-,11-/m0/s1. The van der Waals surface area contributed by atoms with Crippen molar-refractivity contribution in [2.75, 3.05) is 6.54 Å². The Labute approximate surface area is 110 Å². The molecule has 1 aromatic carbocycles. The largest absolute Gasteiger partial charge is 0.444 e. The van der Waals surface area contributed by atoms with Gasteiger partial charge < -0.3 is 10.1 Å². The third kappa shape index (κ3) is 4.03. The molecule has 102 valence electrons. The van der Waals surface area contributed by atoms with Crippen LogP contribution in [0.5, 0.6) is 0 Å². The predicted octanol–water partition coefficient (Wildman–Crippen LogP) is 1.14. The predicted molar refractivity (Wildman–Crippen MR) is 66.1 cm³/mol. The lowest BCUT2D eigenvalue weighted by Gasteiger charge is -2.10. The Hall–Kier alpha value is -1.95. The number of hydrogen-bond acceptors (Lipinski definition) is 4. The number of ether oxygens (including phenoxy) is 1. The van der Waals surface area contributed by atoms with Crippen LogP contribution in [0.15, 0.2) is 30.3 Å². The summed E-state index contributed by atoms with van der Waals surface area (Å²) < 4.78 is 17.8. The van der Waals surface area contributed by atoms with Gasteiger partial charge in [-0.2, -0.15) is 0 Å². The number of nitrogens with one attached hydrogen (secondary N) is 2. The zero-order valence-corrected chi connectivity index (χ0v) is 10.3. The molecule has 0 saturated carbocycles. The highest BCUT2D eigenvalue weighted by Gasteiger charge is 2.30. The topological polar surface area (TPSA) is 67.4 Å². The summed E-state index contributed by atoms with van der Waals surface area (Å²) in [5.41, 5.74) is 0.827.